The van der Waals surface area contributed by atoms with Crippen molar-refractivity contribution in [2.24, 2.45) is 4.99 Å². The molecule has 0 aliphatic heterocycles. The number of guanidine groups is 1. The first-order chi connectivity index (χ1) is 11.4. The van der Waals surface area contributed by atoms with Gasteiger partial charge in [0.05, 0.1) is 18.9 Å². The second kappa shape index (κ2) is 12.3. The number of hydrogen-bond acceptors (Lipinski definition) is 4. The number of rotatable bonds is 9. The molecule has 0 heterocycles. The highest BCUT2D eigenvalue weighted by molar-refractivity contribution is 14.0. The number of nitrogens with one attached hydrogen (secondary N) is 1. The van der Waals surface area contributed by atoms with Gasteiger partial charge in [0.25, 0.3) is 0 Å². The van der Waals surface area contributed by atoms with Crippen molar-refractivity contribution in [1.82, 2.24) is 10.2 Å². The first kappa shape index (κ1) is 24.0. The molecule has 144 valence electrons. The van der Waals surface area contributed by atoms with E-state index in [1.165, 1.54) is 0 Å². The number of nitrogens with zero attached hydrogens (tertiary/aromatic N) is 2. The molecule has 0 aromatic heterocycles. The fourth-order valence-corrected chi connectivity index (χ4v) is 2.77. The minimum Gasteiger partial charge on any atom is -0.494 e. The van der Waals surface area contributed by atoms with E-state index in [-0.39, 0.29) is 42.0 Å². The van der Waals surface area contributed by atoms with Crippen LogP contribution in [0.5, 0.6) is 5.75 Å². The van der Waals surface area contributed by atoms with Crippen LogP contribution in [0, 0.1) is 0 Å². The van der Waals surface area contributed by atoms with Gasteiger partial charge in [0, 0.05) is 25.9 Å². The quantitative estimate of drug-likeness (QED) is 0.332. The normalized spacial score (nSPS) is 11.6. The Morgan fingerprint density at radius 1 is 1.20 bits per heavy atom. The zero-order valence-corrected chi connectivity index (χ0v) is 18.6. The summed E-state index contributed by atoms with van der Waals surface area (Å²) in [6.07, 6.45) is 0. The predicted octanol–water partition coefficient (Wildman–Crippen LogP) is 2.54. The molecule has 0 atom stereocenters. The van der Waals surface area contributed by atoms with Gasteiger partial charge in [0.15, 0.2) is 15.8 Å². The lowest BCUT2D eigenvalue weighted by Crippen LogP contribution is -2.38. The molecule has 0 saturated heterocycles. The third-order valence-electron chi connectivity index (χ3n) is 3.45. The van der Waals surface area contributed by atoms with Crippen molar-refractivity contribution in [3.8, 4) is 5.75 Å². The van der Waals surface area contributed by atoms with Crippen LogP contribution in [-0.2, 0) is 16.4 Å². The van der Waals surface area contributed by atoms with E-state index in [4.69, 9.17) is 4.74 Å². The van der Waals surface area contributed by atoms with E-state index < -0.39 is 9.84 Å². The molecule has 0 fully saturated rings. The number of aliphatic imine (C=N–C) groups is 1. The largest absolute Gasteiger partial charge is 0.494 e. The lowest BCUT2D eigenvalue weighted by molar-refractivity contribution is 0.340. The maximum atomic E-state index is 11.6. The Kier molecular flexibility index (Phi) is 11.8. The highest BCUT2D eigenvalue weighted by atomic mass is 127. The summed E-state index contributed by atoms with van der Waals surface area (Å²) < 4.78 is 28.6. The summed E-state index contributed by atoms with van der Waals surface area (Å²) in [5, 5.41) is 3.19. The molecule has 0 spiro atoms. The summed E-state index contributed by atoms with van der Waals surface area (Å²) in [4.78, 5) is 6.40. The molecule has 6 nitrogen and oxygen atoms in total. The molecule has 0 bridgehead atoms. The lowest BCUT2D eigenvalue weighted by Gasteiger charge is -2.22. The molecule has 0 unspecified atom stereocenters. The van der Waals surface area contributed by atoms with E-state index in [9.17, 15) is 8.42 Å². The van der Waals surface area contributed by atoms with Gasteiger partial charge in [-0.2, -0.15) is 0 Å². The van der Waals surface area contributed by atoms with Crippen LogP contribution in [0.2, 0.25) is 0 Å². The van der Waals surface area contributed by atoms with Crippen LogP contribution >= 0.6 is 24.0 Å². The molecule has 0 radical (unpaired) electrons. The smallest absolute Gasteiger partial charge is 0.193 e. The van der Waals surface area contributed by atoms with Gasteiger partial charge < -0.3 is 15.0 Å². The average molecular weight is 483 g/mol. The van der Waals surface area contributed by atoms with E-state index in [0.717, 1.165) is 17.9 Å². The van der Waals surface area contributed by atoms with Gasteiger partial charge in [-0.05, 0) is 31.5 Å². The van der Waals surface area contributed by atoms with Gasteiger partial charge in [-0.1, -0.05) is 19.1 Å². The average Bonchev–Trinajstić information content (AvgIpc) is 2.56. The van der Waals surface area contributed by atoms with Crippen molar-refractivity contribution in [2.75, 3.05) is 38.2 Å². The number of sulfone groups is 1. The molecule has 1 N–H and O–H groups in total. The summed E-state index contributed by atoms with van der Waals surface area (Å²) in [6.45, 7) is 7.93. The van der Waals surface area contributed by atoms with Crippen LogP contribution in [0.25, 0.3) is 0 Å². The lowest BCUT2D eigenvalue weighted by atomic mass is 10.2. The van der Waals surface area contributed by atoms with Crippen LogP contribution in [0.4, 0.5) is 0 Å². The number of benzene rings is 1. The molecule has 0 amide bonds. The number of ether oxygens (including phenoxy) is 1. The Labute approximate surface area is 169 Å². The number of hydrogen-bond donors (Lipinski definition) is 1. The maximum Gasteiger partial charge on any atom is 0.193 e. The Morgan fingerprint density at radius 3 is 2.36 bits per heavy atom. The zero-order chi connectivity index (χ0) is 18.0. The number of halogens is 1. The third-order valence-corrected chi connectivity index (χ3v) is 5.14. The van der Waals surface area contributed by atoms with Gasteiger partial charge in [-0.25, -0.2) is 8.42 Å². The summed E-state index contributed by atoms with van der Waals surface area (Å²) in [5.41, 5.74) is 1.13. The molecule has 1 aromatic carbocycles. The van der Waals surface area contributed by atoms with Gasteiger partial charge in [-0.15, -0.1) is 24.0 Å². The van der Waals surface area contributed by atoms with E-state index in [2.05, 4.69) is 10.3 Å². The Hall–Kier alpha value is -1.03. The van der Waals surface area contributed by atoms with Gasteiger partial charge in [-0.3, -0.25) is 4.99 Å². The fourth-order valence-electron chi connectivity index (χ4n) is 2.11. The topological polar surface area (TPSA) is 71.0 Å². The van der Waals surface area contributed by atoms with E-state index in [1.54, 1.807) is 6.92 Å². The maximum absolute atomic E-state index is 11.6. The van der Waals surface area contributed by atoms with Crippen molar-refractivity contribution < 1.29 is 13.2 Å². The summed E-state index contributed by atoms with van der Waals surface area (Å²) in [7, 11) is -1.06. The third kappa shape index (κ3) is 9.29. The Morgan fingerprint density at radius 2 is 1.84 bits per heavy atom. The summed E-state index contributed by atoms with van der Waals surface area (Å²) in [5.74, 6) is 1.79. The van der Waals surface area contributed by atoms with Crippen LogP contribution in [0.15, 0.2) is 29.3 Å². The predicted molar refractivity (Wildman–Crippen MR) is 115 cm³/mol. The fraction of sp³-hybridized carbons (Fsp3) is 0.588. The van der Waals surface area contributed by atoms with Crippen LogP contribution < -0.4 is 10.1 Å². The van der Waals surface area contributed by atoms with Crippen LogP contribution in [0.1, 0.15) is 26.3 Å². The van der Waals surface area contributed by atoms with Crippen LogP contribution in [-0.4, -0.2) is 57.5 Å². The Balaban J connectivity index is 0.00000576. The SMILES string of the molecule is CCNC(=NCCS(=O)(=O)CC)N(C)Cc1ccc(OCC)cc1.I. The first-order valence-corrected chi connectivity index (χ1v) is 10.2. The summed E-state index contributed by atoms with van der Waals surface area (Å²) in [6, 6.07) is 7.94. The highest BCUT2D eigenvalue weighted by Gasteiger charge is 2.09. The van der Waals surface area contributed by atoms with E-state index >= 15 is 0 Å². The molecule has 1 aromatic rings. The van der Waals surface area contributed by atoms with Gasteiger partial charge >= 0.3 is 0 Å². The van der Waals surface area contributed by atoms with Crippen LogP contribution in [0.3, 0.4) is 0 Å². The molecule has 25 heavy (non-hydrogen) atoms. The van der Waals surface area contributed by atoms with Crippen molar-refractivity contribution in [1.29, 1.82) is 0 Å². The molecular weight excluding hydrogens is 453 g/mol. The second-order valence-corrected chi connectivity index (χ2v) is 7.88. The summed E-state index contributed by atoms with van der Waals surface area (Å²) >= 11 is 0. The van der Waals surface area contributed by atoms with Gasteiger partial charge in [0.1, 0.15) is 5.75 Å². The van der Waals surface area contributed by atoms with Gasteiger partial charge in [0.2, 0.25) is 0 Å². The molecule has 0 aliphatic rings. The second-order valence-electron chi connectivity index (χ2n) is 5.41. The highest BCUT2D eigenvalue weighted by Crippen LogP contribution is 2.13. The van der Waals surface area contributed by atoms with E-state index in [0.29, 0.717) is 19.1 Å². The molecule has 0 aliphatic carbocycles. The molecule has 0 saturated carbocycles. The minimum atomic E-state index is -2.99. The molecule has 8 heteroatoms. The van der Waals surface area contributed by atoms with Crippen molar-refractivity contribution >= 4 is 39.8 Å². The van der Waals surface area contributed by atoms with Crippen molar-refractivity contribution in [3.05, 3.63) is 29.8 Å². The standard InChI is InChI=1S/C17H29N3O3S.HI/c1-5-18-17(19-12-13-24(21,22)7-3)20(4)14-15-8-10-16(11-9-15)23-6-2;/h8-11H,5-7,12-14H2,1-4H3,(H,18,19);1H. The molecule has 1 rings (SSSR count). The zero-order valence-electron chi connectivity index (χ0n) is 15.5. The minimum absolute atomic E-state index is 0. The first-order valence-electron chi connectivity index (χ1n) is 8.33. The van der Waals surface area contributed by atoms with Crippen molar-refractivity contribution in [3.63, 3.8) is 0 Å². The van der Waals surface area contributed by atoms with Crippen molar-refractivity contribution in [2.45, 2.75) is 27.3 Å². The van der Waals surface area contributed by atoms with E-state index in [1.807, 2.05) is 50.1 Å². The Bertz CT molecular complexity index is 619. The molecular formula is C17H30IN3O3S. The monoisotopic (exact) mass is 483 g/mol.